The summed E-state index contributed by atoms with van der Waals surface area (Å²) in [6.07, 6.45) is 0. The lowest BCUT2D eigenvalue weighted by atomic mass is 10.1. The zero-order valence-corrected chi connectivity index (χ0v) is 15.6. The van der Waals surface area contributed by atoms with Crippen LogP contribution in [0, 0.1) is 12.7 Å². The molecule has 2 heterocycles. The first-order valence-corrected chi connectivity index (χ1v) is 9.25. The molecular weight excluding hydrogens is 359 g/mol. The van der Waals surface area contributed by atoms with Crippen molar-refractivity contribution in [1.82, 2.24) is 19.9 Å². The van der Waals surface area contributed by atoms with E-state index in [1.54, 1.807) is 4.90 Å². The number of aryl methyl sites for hydroxylation is 1. The summed E-state index contributed by atoms with van der Waals surface area (Å²) in [6.45, 7) is 5.27. The van der Waals surface area contributed by atoms with Gasteiger partial charge in [-0.3, -0.25) is 9.69 Å². The Balaban J connectivity index is 1.33. The van der Waals surface area contributed by atoms with Crippen LogP contribution in [-0.4, -0.2) is 52.0 Å². The van der Waals surface area contributed by atoms with Crippen molar-refractivity contribution in [3.63, 3.8) is 0 Å². The summed E-state index contributed by atoms with van der Waals surface area (Å²) in [5.74, 6) is 0.742. The molecule has 1 saturated heterocycles. The Bertz CT molecular complexity index is 963. The maximum atomic E-state index is 13.0. The first kappa shape index (κ1) is 18.3. The quantitative estimate of drug-likeness (QED) is 0.696. The molecule has 0 saturated carbocycles. The Morgan fingerprint density at radius 2 is 1.86 bits per heavy atom. The maximum Gasteiger partial charge on any atom is 0.257 e. The molecule has 3 aromatic rings. The summed E-state index contributed by atoms with van der Waals surface area (Å²) in [5.41, 5.74) is 2.56. The van der Waals surface area contributed by atoms with Crippen LogP contribution in [0.2, 0.25) is 0 Å². The van der Waals surface area contributed by atoms with Crippen molar-refractivity contribution in [2.45, 2.75) is 13.5 Å². The molecule has 144 valence electrons. The highest BCUT2D eigenvalue weighted by atomic mass is 19.1. The second kappa shape index (κ2) is 7.90. The zero-order chi connectivity index (χ0) is 19.5. The van der Waals surface area contributed by atoms with Gasteiger partial charge in [-0.25, -0.2) is 4.39 Å². The van der Waals surface area contributed by atoms with E-state index in [1.807, 2.05) is 31.2 Å². The van der Waals surface area contributed by atoms with E-state index in [0.717, 1.165) is 24.2 Å². The number of rotatable bonds is 4. The van der Waals surface area contributed by atoms with Crippen LogP contribution < -0.4 is 0 Å². The van der Waals surface area contributed by atoms with E-state index >= 15 is 0 Å². The second-order valence-electron chi connectivity index (χ2n) is 6.96. The molecule has 1 aliphatic heterocycles. The summed E-state index contributed by atoms with van der Waals surface area (Å²) in [7, 11) is 0. The van der Waals surface area contributed by atoms with Crippen molar-refractivity contribution in [3.05, 3.63) is 71.3 Å². The van der Waals surface area contributed by atoms with Gasteiger partial charge >= 0.3 is 0 Å². The Morgan fingerprint density at radius 1 is 1.11 bits per heavy atom. The van der Waals surface area contributed by atoms with Gasteiger partial charge in [-0.1, -0.05) is 22.9 Å². The van der Waals surface area contributed by atoms with Gasteiger partial charge in [0, 0.05) is 37.3 Å². The minimum absolute atomic E-state index is 0.0686. The fourth-order valence-electron chi connectivity index (χ4n) is 3.30. The van der Waals surface area contributed by atoms with Gasteiger partial charge in [-0.05, 0) is 43.3 Å². The summed E-state index contributed by atoms with van der Waals surface area (Å²) >= 11 is 0. The summed E-state index contributed by atoms with van der Waals surface area (Å²) in [5, 5.41) is 4.08. The minimum atomic E-state index is -0.341. The molecule has 0 aliphatic carbocycles. The molecule has 1 fully saturated rings. The van der Waals surface area contributed by atoms with Crippen molar-refractivity contribution in [1.29, 1.82) is 0 Å². The molecule has 1 aliphatic rings. The van der Waals surface area contributed by atoms with E-state index in [2.05, 4.69) is 15.0 Å². The van der Waals surface area contributed by atoms with Gasteiger partial charge in [0.25, 0.3) is 11.8 Å². The highest BCUT2D eigenvalue weighted by Crippen LogP contribution is 2.19. The van der Waals surface area contributed by atoms with Crippen LogP contribution in [0.25, 0.3) is 11.5 Å². The highest BCUT2D eigenvalue weighted by Gasteiger charge is 2.23. The Morgan fingerprint density at radius 3 is 2.57 bits per heavy atom. The topological polar surface area (TPSA) is 62.5 Å². The van der Waals surface area contributed by atoms with Crippen molar-refractivity contribution in [3.8, 4) is 11.5 Å². The third kappa shape index (κ3) is 4.09. The van der Waals surface area contributed by atoms with E-state index in [4.69, 9.17) is 4.52 Å². The molecule has 4 rings (SSSR count). The molecule has 0 bridgehead atoms. The van der Waals surface area contributed by atoms with Crippen LogP contribution >= 0.6 is 0 Å². The average Bonchev–Trinajstić information content (AvgIpc) is 3.17. The molecule has 28 heavy (non-hydrogen) atoms. The van der Waals surface area contributed by atoms with E-state index < -0.39 is 0 Å². The van der Waals surface area contributed by atoms with Crippen molar-refractivity contribution in [2.75, 3.05) is 26.2 Å². The number of carbonyl (C=O) groups is 1. The molecule has 1 amide bonds. The molecule has 0 radical (unpaired) electrons. The molecule has 0 N–H and O–H groups in total. The number of benzene rings is 2. The van der Waals surface area contributed by atoms with Gasteiger partial charge < -0.3 is 9.42 Å². The normalized spacial score (nSPS) is 15.0. The Hall–Kier alpha value is -3.06. The lowest BCUT2D eigenvalue weighted by Crippen LogP contribution is -2.48. The first-order valence-electron chi connectivity index (χ1n) is 9.25. The van der Waals surface area contributed by atoms with E-state index in [1.165, 1.54) is 24.3 Å². The number of piperazine rings is 1. The van der Waals surface area contributed by atoms with Crippen molar-refractivity contribution >= 4 is 5.91 Å². The van der Waals surface area contributed by atoms with Crippen LogP contribution in [0.15, 0.2) is 53.1 Å². The van der Waals surface area contributed by atoms with E-state index in [0.29, 0.717) is 36.9 Å². The van der Waals surface area contributed by atoms with E-state index in [9.17, 15) is 9.18 Å². The Kier molecular flexibility index (Phi) is 5.16. The predicted molar refractivity (Wildman–Crippen MR) is 102 cm³/mol. The third-order valence-electron chi connectivity index (χ3n) is 4.85. The lowest BCUT2D eigenvalue weighted by Gasteiger charge is -2.34. The number of hydrogen-bond donors (Lipinski definition) is 0. The van der Waals surface area contributed by atoms with Gasteiger partial charge in [-0.15, -0.1) is 0 Å². The number of aromatic nitrogens is 2. The van der Waals surface area contributed by atoms with E-state index in [-0.39, 0.29) is 11.7 Å². The largest absolute Gasteiger partial charge is 0.336 e. The number of amides is 1. The van der Waals surface area contributed by atoms with Gasteiger partial charge in [0.2, 0.25) is 0 Å². The smallest absolute Gasteiger partial charge is 0.257 e. The molecule has 2 aromatic carbocycles. The fourth-order valence-corrected chi connectivity index (χ4v) is 3.30. The molecule has 0 unspecified atom stereocenters. The average molecular weight is 380 g/mol. The lowest BCUT2D eigenvalue weighted by molar-refractivity contribution is 0.0624. The summed E-state index contributed by atoms with van der Waals surface area (Å²) in [6, 6.07) is 13.6. The van der Waals surface area contributed by atoms with Crippen LogP contribution in [0.1, 0.15) is 21.7 Å². The second-order valence-corrected chi connectivity index (χ2v) is 6.96. The number of nitrogens with zero attached hydrogens (tertiary/aromatic N) is 4. The predicted octanol–water partition coefficient (Wildman–Crippen LogP) is 3.14. The number of carbonyl (C=O) groups excluding carboxylic acids is 1. The standard InChI is InChI=1S/C21H21FN4O2/c1-15-3-2-4-17(13-15)20-23-19(24-28-20)14-25-9-11-26(12-10-25)21(27)16-5-7-18(22)8-6-16/h2-8,13H,9-12,14H2,1H3. The van der Waals surface area contributed by atoms with Crippen LogP contribution in [0.4, 0.5) is 4.39 Å². The van der Waals surface area contributed by atoms with Crippen molar-refractivity contribution < 1.29 is 13.7 Å². The fraction of sp³-hybridized carbons (Fsp3) is 0.286. The van der Waals surface area contributed by atoms with Crippen LogP contribution in [0.3, 0.4) is 0 Å². The Labute approximate surface area is 162 Å². The molecule has 0 atom stereocenters. The zero-order valence-electron chi connectivity index (χ0n) is 15.6. The molecule has 0 spiro atoms. The highest BCUT2D eigenvalue weighted by molar-refractivity contribution is 5.94. The van der Waals surface area contributed by atoms with Crippen LogP contribution in [0.5, 0.6) is 0 Å². The third-order valence-corrected chi connectivity index (χ3v) is 4.85. The number of hydrogen-bond acceptors (Lipinski definition) is 5. The van der Waals surface area contributed by atoms with Gasteiger partial charge in [0.15, 0.2) is 5.82 Å². The van der Waals surface area contributed by atoms with Gasteiger partial charge in [0.05, 0.1) is 6.54 Å². The molecule has 1 aromatic heterocycles. The SMILES string of the molecule is Cc1cccc(-c2nc(CN3CCN(C(=O)c4ccc(F)cc4)CC3)no2)c1. The molecular formula is C21H21FN4O2. The summed E-state index contributed by atoms with van der Waals surface area (Å²) < 4.78 is 18.4. The minimum Gasteiger partial charge on any atom is -0.336 e. The number of halogens is 1. The van der Waals surface area contributed by atoms with Gasteiger partial charge in [-0.2, -0.15) is 4.98 Å². The van der Waals surface area contributed by atoms with Crippen LogP contribution in [-0.2, 0) is 6.54 Å². The maximum absolute atomic E-state index is 13.0. The summed E-state index contributed by atoms with van der Waals surface area (Å²) in [4.78, 5) is 21.0. The monoisotopic (exact) mass is 380 g/mol. The van der Waals surface area contributed by atoms with Crippen molar-refractivity contribution in [2.24, 2.45) is 0 Å². The van der Waals surface area contributed by atoms with Gasteiger partial charge in [0.1, 0.15) is 5.82 Å². The molecule has 7 heteroatoms. The first-order chi connectivity index (χ1) is 13.6. The molecule has 6 nitrogen and oxygen atoms in total.